The Bertz CT molecular complexity index is 168. The van der Waals surface area contributed by atoms with Gasteiger partial charge in [-0.3, -0.25) is 0 Å². The smallest absolute Gasteiger partial charge is 0.0584 e. The van der Waals surface area contributed by atoms with E-state index in [1.807, 2.05) is 0 Å². The van der Waals surface area contributed by atoms with Gasteiger partial charge in [0.25, 0.3) is 0 Å². The molecule has 0 radical (unpaired) electrons. The zero-order chi connectivity index (χ0) is 11.3. The third-order valence-electron chi connectivity index (χ3n) is 3.93. The van der Waals surface area contributed by atoms with Gasteiger partial charge in [-0.25, -0.2) is 0 Å². The fourth-order valence-electron chi connectivity index (χ4n) is 2.77. The number of nitrogens with one attached hydrogen (secondary N) is 1. The summed E-state index contributed by atoms with van der Waals surface area (Å²) in [6, 6.07) is 0.945. The zero-order valence-electron chi connectivity index (χ0n) is 10.5. The van der Waals surface area contributed by atoms with E-state index >= 15 is 0 Å². The molecule has 0 aromatic heterocycles. The maximum Gasteiger partial charge on any atom is 0.0584 e. The molecule has 1 fully saturated rings. The summed E-state index contributed by atoms with van der Waals surface area (Å²) in [5.74, 6) is 1.71. The molecular formula is C13H27NO. The maximum atomic E-state index is 9.21. The van der Waals surface area contributed by atoms with Crippen LogP contribution in [0.3, 0.4) is 0 Å². The van der Waals surface area contributed by atoms with E-state index in [4.69, 9.17) is 0 Å². The van der Waals surface area contributed by atoms with Gasteiger partial charge in [-0.1, -0.05) is 27.2 Å². The van der Waals surface area contributed by atoms with Gasteiger partial charge >= 0.3 is 0 Å². The lowest BCUT2D eigenvalue weighted by Crippen LogP contribution is -2.46. The molecule has 0 heterocycles. The molecule has 2 N–H and O–H groups in total. The van der Waals surface area contributed by atoms with Gasteiger partial charge in [-0.15, -0.1) is 0 Å². The topological polar surface area (TPSA) is 32.3 Å². The van der Waals surface area contributed by atoms with Crippen LogP contribution in [-0.2, 0) is 0 Å². The normalized spacial score (nSPS) is 34.0. The molecule has 0 bridgehead atoms. The van der Waals surface area contributed by atoms with Crippen LogP contribution in [0, 0.1) is 11.8 Å². The summed E-state index contributed by atoms with van der Waals surface area (Å²) in [4.78, 5) is 0. The Labute approximate surface area is 94.5 Å². The Morgan fingerprint density at radius 3 is 2.60 bits per heavy atom. The van der Waals surface area contributed by atoms with E-state index in [9.17, 15) is 5.11 Å². The Kier molecular flexibility index (Phi) is 5.62. The zero-order valence-corrected chi connectivity index (χ0v) is 10.5. The molecule has 0 aliphatic heterocycles. The van der Waals surface area contributed by atoms with Crippen LogP contribution < -0.4 is 5.32 Å². The van der Waals surface area contributed by atoms with E-state index < -0.39 is 0 Å². The fourth-order valence-corrected chi connectivity index (χ4v) is 2.77. The molecule has 0 amide bonds. The van der Waals surface area contributed by atoms with Gasteiger partial charge in [-0.05, 0) is 37.5 Å². The molecule has 1 aliphatic carbocycles. The second-order valence-corrected chi connectivity index (χ2v) is 5.15. The molecule has 90 valence electrons. The highest BCUT2D eigenvalue weighted by atomic mass is 16.3. The largest absolute Gasteiger partial charge is 0.395 e. The van der Waals surface area contributed by atoms with Crippen molar-refractivity contribution in [3.8, 4) is 0 Å². The quantitative estimate of drug-likeness (QED) is 0.735. The molecule has 4 atom stereocenters. The van der Waals surface area contributed by atoms with Crippen molar-refractivity contribution in [2.45, 2.75) is 65.0 Å². The van der Waals surface area contributed by atoms with Crippen LogP contribution in [-0.4, -0.2) is 23.8 Å². The predicted octanol–water partition coefficient (Wildman–Crippen LogP) is 2.56. The number of rotatable bonds is 5. The van der Waals surface area contributed by atoms with Gasteiger partial charge < -0.3 is 10.4 Å². The molecule has 15 heavy (non-hydrogen) atoms. The van der Waals surface area contributed by atoms with Crippen LogP contribution in [0.25, 0.3) is 0 Å². The second-order valence-electron chi connectivity index (χ2n) is 5.15. The number of hydrogen-bond acceptors (Lipinski definition) is 2. The minimum Gasteiger partial charge on any atom is -0.395 e. The number of aliphatic hydroxyl groups excluding tert-OH is 1. The van der Waals surface area contributed by atoms with Gasteiger partial charge in [0, 0.05) is 12.1 Å². The van der Waals surface area contributed by atoms with Crippen molar-refractivity contribution >= 4 is 0 Å². The Morgan fingerprint density at radius 1 is 1.33 bits per heavy atom. The molecule has 2 nitrogen and oxygen atoms in total. The summed E-state index contributed by atoms with van der Waals surface area (Å²) in [6.07, 6.45) is 6.28. The first-order valence-electron chi connectivity index (χ1n) is 6.58. The molecule has 2 heteroatoms. The molecule has 4 unspecified atom stereocenters. The summed E-state index contributed by atoms with van der Waals surface area (Å²) < 4.78 is 0. The highest BCUT2D eigenvalue weighted by Crippen LogP contribution is 2.31. The van der Waals surface area contributed by atoms with E-state index in [0.29, 0.717) is 12.1 Å². The van der Waals surface area contributed by atoms with E-state index in [1.165, 1.54) is 25.7 Å². The standard InChI is InChI=1S/C13H27NO/c1-4-11-8-10(3)6-7-13(11)14-12(5-2)9-15/h10-15H,4-9H2,1-3H3. The lowest BCUT2D eigenvalue weighted by atomic mass is 9.77. The minimum absolute atomic E-state index is 0.277. The van der Waals surface area contributed by atoms with Crippen molar-refractivity contribution in [1.82, 2.24) is 5.32 Å². The first kappa shape index (κ1) is 13.0. The van der Waals surface area contributed by atoms with E-state index in [1.54, 1.807) is 0 Å². The van der Waals surface area contributed by atoms with Crippen LogP contribution in [0.15, 0.2) is 0 Å². The van der Waals surface area contributed by atoms with Gasteiger partial charge in [0.2, 0.25) is 0 Å². The van der Waals surface area contributed by atoms with Crippen LogP contribution >= 0.6 is 0 Å². The molecule has 0 aromatic carbocycles. The van der Waals surface area contributed by atoms with E-state index in [-0.39, 0.29) is 6.61 Å². The van der Waals surface area contributed by atoms with Crippen LogP contribution in [0.1, 0.15) is 52.9 Å². The lowest BCUT2D eigenvalue weighted by molar-refractivity contribution is 0.163. The number of aliphatic hydroxyl groups is 1. The third-order valence-corrected chi connectivity index (χ3v) is 3.93. The van der Waals surface area contributed by atoms with Crippen molar-refractivity contribution in [1.29, 1.82) is 0 Å². The highest BCUT2D eigenvalue weighted by molar-refractivity contribution is 4.85. The Morgan fingerprint density at radius 2 is 2.07 bits per heavy atom. The van der Waals surface area contributed by atoms with Crippen LogP contribution in [0.5, 0.6) is 0 Å². The van der Waals surface area contributed by atoms with Crippen molar-refractivity contribution < 1.29 is 5.11 Å². The first-order chi connectivity index (χ1) is 7.21. The van der Waals surface area contributed by atoms with E-state index in [2.05, 4.69) is 26.1 Å². The summed E-state index contributed by atoms with van der Waals surface area (Å²) in [7, 11) is 0. The molecule has 0 spiro atoms. The van der Waals surface area contributed by atoms with Gasteiger partial charge in [0.05, 0.1) is 6.61 Å². The molecule has 0 aromatic rings. The van der Waals surface area contributed by atoms with Gasteiger partial charge in [0.1, 0.15) is 0 Å². The Balaban J connectivity index is 2.44. The molecule has 1 rings (SSSR count). The maximum absolute atomic E-state index is 9.21. The molecule has 1 saturated carbocycles. The molecule has 1 aliphatic rings. The summed E-state index contributed by atoms with van der Waals surface area (Å²) in [5.41, 5.74) is 0. The molecule has 0 saturated heterocycles. The summed E-state index contributed by atoms with van der Waals surface area (Å²) >= 11 is 0. The average Bonchev–Trinajstić information content (AvgIpc) is 2.27. The fraction of sp³-hybridized carbons (Fsp3) is 1.00. The van der Waals surface area contributed by atoms with E-state index in [0.717, 1.165) is 18.3 Å². The SMILES string of the molecule is CCC(CO)NC1CCC(C)CC1CC. The Hall–Kier alpha value is -0.0800. The van der Waals surface area contributed by atoms with Gasteiger partial charge in [-0.2, -0.15) is 0 Å². The monoisotopic (exact) mass is 213 g/mol. The van der Waals surface area contributed by atoms with Crippen molar-refractivity contribution in [3.63, 3.8) is 0 Å². The lowest BCUT2D eigenvalue weighted by Gasteiger charge is -2.37. The van der Waals surface area contributed by atoms with Crippen molar-refractivity contribution in [2.24, 2.45) is 11.8 Å². The first-order valence-corrected chi connectivity index (χ1v) is 6.58. The summed E-state index contributed by atoms with van der Waals surface area (Å²) in [5, 5.41) is 12.8. The van der Waals surface area contributed by atoms with Crippen LogP contribution in [0.2, 0.25) is 0 Å². The summed E-state index contributed by atoms with van der Waals surface area (Å²) in [6.45, 7) is 7.07. The minimum atomic E-state index is 0.277. The second kappa shape index (κ2) is 6.49. The highest BCUT2D eigenvalue weighted by Gasteiger charge is 2.28. The van der Waals surface area contributed by atoms with Crippen molar-refractivity contribution in [2.75, 3.05) is 6.61 Å². The van der Waals surface area contributed by atoms with Crippen LogP contribution in [0.4, 0.5) is 0 Å². The molecular weight excluding hydrogens is 186 g/mol. The number of hydrogen-bond donors (Lipinski definition) is 2. The predicted molar refractivity (Wildman–Crippen MR) is 64.9 cm³/mol. The average molecular weight is 213 g/mol. The van der Waals surface area contributed by atoms with Crippen molar-refractivity contribution in [3.05, 3.63) is 0 Å². The third kappa shape index (κ3) is 3.76. The van der Waals surface area contributed by atoms with Gasteiger partial charge in [0.15, 0.2) is 0 Å².